The van der Waals surface area contributed by atoms with E-state index in [1.807, 2.05) is 24.5 Å². The fraction of sp³-hybridized carbons (Fsp3) is 0.200. The van der Waals surface area contributed by atoms with Crippen molar-refractivity contribution in [2.45, 2.75) is 6.42 Å². The minimum Gasteiger partial charge on any atom is -0.330 e. The molecule has 0 atom stereocenters. The van der Waals surface area contributed by atoms with Gasteiger partial charge in [-0.25, -0.2) is 9.67 Å². The lowest BCUT2D eigenvalue weighted by molar-refractivity contribution is 0.817. The second-order valence-corrected chi connectivity index (χ2v) is 4.37. The van der Waals surface area contributed by atoms with Crippen molar-refractivity contribution in [2.24, 2.45) is 5.73 Å². The Morgan fingerprint density at radius 3 is 3.00 bits per heavy atom. The van der Waals surface area contributed by atoms with Crippen molar-refractivity contribution in [3.63, 3.8) is 0 Å². The van der Waals surface area contributed by atoms with Gasteiger partial charge in [-0.2, -0.15) is 5.10 Å². The van der Waals surface area contributed by atoms with Crippen LogP contribution in [0.15, 0.2) is 30.7 Å². The van der Waals surface area contributed by atoms with Gasteiger partial charge in [-0.3, -0.25) is 0 Å². The summed E-state index contributed by atoms with van der Waals surface area (Å²) in [6.07, 6.45) is 6.34. The predicted octanol–water partition coefficient (Wildman–Crippen LogP) is 1.37. The van der Waals surface area contributed by atoms with Crippen molar-refractivity contribution in [3.8, 4) is 5.82 Å². The minimum atomic E-state index is 0.622. The molecule has 0 aliphatic carbocycles. The zero-order chi connectivity index (χ0) is 10.7. The Hall–Kier alpha value is -0.950. The fourth-order valence-corrected chi connectivity index (χ4v) is 1.79. The van der Waals surface area contributed by atoms with Gasteiger partial charge in [-0.05, 0) is 47.2 Å². The lowest BCUT2D eigenvalue weighted by Gasteiger charge is -2.06. The fourth-order valence-electron chi connectivity index (χ4n) is 1.40. The lowest BCUT2D eigenvalue weighted by Crippen LogP contribution is -2.08. The number of pyridine rings is 1. The Morgan fingerprint density at radius 2 is 2.33 bits per heavy atom. The molecule has 4 nitrogen and oxygen atoms in total. The summed E-state index contributed by atoms with van der Waals surface area (Å²) in [4.78, 5) is 4.32. The maximum atomic E-state index is 5.55. The Balaban J connectivity index is 2.42. The van der Waals surface area contributed by atoms with E-state index in [0.717, 1.165) is 21.4 Å². The van der Waals surface area contributed by atoms with Crippen molar-refractivity contribution in [1.29, 1.82) is 0 Å². The highest BCUT2D eigenvalue weighted by Gasteiger charge is 2.05. The summed E-state index contributed by atoms with van der Waals surface area (Å²) in [6, 6.07) is 3.95. The summed E-state index contributed by atoms with van der Waals surface area (Å²) in [6.45, 7) is 0.622. The van der Waals surface area contributed by atoms with E-state index in [1.54, 1.807) is 10.9 Å². The van der Waals surface area contributed by atoms with Crippen LogP contribution in [0.1, 0.15) is 5.56 Å². The molecule has 0 saturated heterocycles. The maximum Gasteiger partial charge on any atom is 0.156 e. The quantitative estimate of drug-likeness (QED) is 0.871. The molecule has 0 aliphatic heterocycles. The number of halogens is 1. The van der Waals surface area contributed by atoms with Crippen LogP contribution in [0.25, 0.3) is 5.82 Å². The van der Waals surface area contributed by atoms with Gasteiger partial charge in [0.15, 0.2) is 5.82 Å². The van der Waals surface area contributed by atoms with Crippen molar-refractivity contribution in [2.75, 3.05) is 6.54 Å². The largest absolute Gasteiger partial charge is 0.330 e. The van der Waals surface area contributed by atoms with Crippen LogP contribution in [-0.2, 0) is 6.42 Å². The first-order valence-electron chi connectivity index (χ1n) is 4.66. The molecule has 2 aromatic heterocycles. The van der Waals surface area contributed by atoms with E-state index in [0.29, 0.717) is 6.54 Å². The molecular formula is C10H11IN4. The number of hydrogen-bond donors (Lipinski definition) is 1. The normalized spacial score (nSPS) is 10.5. The third-order valence-electron chi connectivity index (χ3n) is 2.05. The van der Waals surface area contributed by atoms with Gasteiger partial charge in [0.25, 0.3) is 0 Å². The van der Waals surface area contributed by atoms with E-state index in [9.17, 15) is 0 Å². The van der Waals surface area contributed by atoms with Crippen LogP contribution >= 0.6 is 22.6 Å². The second-order valence-electron chi connectivity index (χ2n) is 3.13. The molecule has 2 heterocycles. The number of nitrogens with two attached hydrogens (primary N) is 1. The predicted molar refractivity (Wildman–Crippen MR) is 66.8 cm³/mol. The smallest absolute Gasteiger partial charge is 0.156 e. The van der Waals surface area contributed by atoms with Crippen LogP contribution < -0.4 is 5.73 Å². The Bertz CT molecular complexity index is 452. The molecule has 15 heavy (non-hydrogen) atoms. The van der Waals surface area contributed by atoms with Crippen LogP contribution in [-0.4, -0.2) is 21.3 Å². The average molecular weight is 314 g/mol. The van der Waals surface area contributed by atoms with E-state index in [2.05, 4.69) is 32.7 Å². The SMILES string of the molecule is NCCc1cccnc1-n1cc(I)cn1. The Labute approximate surface area is 102 Å². The second kappa shape index (κ2) is 4.71. The summed E-state index contributed by atoms with van der Waals surface area (Å²) in [7, 11) is 0. The summed E-state index contributed by atoms with van der Waals surface area (Å²) in [5.74, 6) is 0.867. The van der Waals surface area contributed by atoms with E-state index >= 15 is 0 Å². The average Bonchev–Trinajstić information content (AvgIpc) is 2.66. The van der Waals surface area contributed by atoms with Gasteiger partial charge < -0.3 is 5.73 Å². The molecule has 0 bridgehead atoms. The number of hydrogen-bond acceptors (Lipinski definition) is 3. The highest BCUT2D eigenvalue weighted by Crippen LogP contribution is 2.12. The topological polar surface area (TPSA) is 56.7 Å². The highest BCUT2D eigenvalue weighted by molar-refractivity contribution is 14.1. The lowest BCUT2D eigenvalue weighted by atomic mass is 10.2. The van der Waals surface area contributed by atoms with Gasteiger partial charge in [-0.15, -0.1) is 0 Å². The molecule has 78 valence electrons. The number of aromatic nitrogens is 3. The first kappa shape index (κ1) is 10.6. The zero-order valence-corrected chi connectivity index (χ0v) is 10.3. The summed E-state index contributed by atoms with van der Waals surface area (Å²) in [5.41, 5.74) is 6.68. The molecule has 0 radical (unpaired) electrons. The molecule has 0 spiro atoms. The van der Waals surface area contributed by atoms with Crippen LogP contribution in [0.3, 0.4) is 0 Å². The third-order valence-corrected chi connectivity index (χ3v) is 2.61. The molecule has 2 N–H and O–H groups in total. The van der Waals surface area contributed by atoms with E-state index in [1.165, 1.54) is 0 Å². The monoisotopic (exact) mass is 314 g/mol. The molecule has 0 unspecified atom stereocenters. The van der Waals surface area contributed by atoms with Gasteiger partial charge in [0.05, 0.1) is 9.77 Å². The van der Waals surface area contributed by atoms with Crippen LogP contribution in [0, 0.1) is 3.57 Å². The summed E-state index contributed by atoms with van der Waals surface area (Å²) in [5, 5.41) is 4.23. The molecule has 2 rings (SSSR count). The first-order chi connectivity index (χ1) is 7.31. The van der Waals surface area contributed by atoms with Crippen molar-refractivity contribution in [1.82, 2.24) is 14.8 Å². The first-order valence-corrected chi connectivity index (χ1v) is 5.73. The van der Waals surface area contributed by atoms with Crippen molar-refractivity contribution < 1.29 is 0 Å². The molecule has 0 aromatic carbocycles. The summed E-state index contributed by atoms with van der Waals surface area (Å²) < 4.78 is 2.88. The molecule has 0 saturated carbocycles. The standard InChI is InChI=1S/C10H11IN4/c11-9-6-14-15(7-9)10-8(3-4-12)2-1-5-13-10/h1-2,5-7H,3-4,12H2. The van der Waals surface area contributed by atoms with Crippen molar-refractivity contribution in [3.05, 3.63) is 39.9 Å². The van der Waals surface area contributed by atoms with Crippen molar-refractivity contribution >= 4 is 22.6 Å². The maximum absolute atomic E-state index is 5.55. The molecule has 5 heteroatoms. The van der Waals surface area contributed by atoms with E-state index in [-0.39, 0.29) is 0 Å². The minimum absolute atomic E-state index is 0.622. The van der Waals surface area contributed by atoms with Crippen LogP contribution in [0.5, 0.6) is 0 Å². The van der Waals surface area contributed by atoms with Gasteiger partial charge in [-0.1, -0.05) is 6.07 Å². The molecule has 2 aromatic rings. The number of rotatable bonds is 3. The third kappa shape index (κ3) is 2.35. The van der Waals surface area contributed by atoms with E-state index < -0.39 is 0 Å². The zero-order valence-electron chi connectivity index (χ0n) is 8.10. The Morgan fingerprint density at radius 1 is 1.47 bits per heavy atom. The van der Waals surface area contributed by atoms with Gasteiger partial charge in [0.1, 0.15) is 0 Å². The molecular weight excluding hydrogens is 303 g/mol. The van der Waals surface area contributed by atoms with Gasteiger partial charge >= 0.3 is 0 Å². The summed E-state index contributed by atoms with van der Waals surface area (Å²) >= 11 is 2.22. The van der Waals surface area contributed by atoms with Gasteiger partial charge in [0, 0.05) is 12.4 Å². The highest BCUT2D eigenvalue weighted by atomic mass is 127. The number of nitrogens with zero attached hydrogens (tertiary/aromatic N) is 3. The Kier molecular flexibility index (Phi) is 3.32. The van der Waals surface area contributed by atoms with Crippen LogP contribution in [0.4, 0.5) is 0 Å². The van der Waals surface area contributed by atoms with E-state index in [4.69, 9.17) is 5.73 Å². The molecule has 0 amide bonds. The molecule has 0 fully saturated rings. The van der Waals surface area contributed by atoms with Crippen LogP contribution in [0.2, 0.25) is 0 Å². The molecule has 0 aliphatic rings. The van der Waals surface area contributed by atoms with Gasteiger partial charge in [0.2, 0.25) is 0 Å².